The number of aromatic nitrogens is 1. The lowest BCUT2D eigenvalue weighted by molar-refractivity contribution is -0.124. The van der Waals surface area contributed by atoms with Crippen molar-refractivity contribution in [2.75, 3.05) is 7.11 Å². The fourth-order valence-corrected chi connectivity index (χ4v) is 2.27. The van der Waals surface area contributed by atoms with Gasteiger partial charge in [0.1, 0.15) is 11.2 Å². The second-order valence-corrected chi connectivity index (χ2v) is 5.87. The molecule has 1 aromatic rings. The Labute approximate surface area is 135 Å². The summed E-state index contributed by atoms with van der Waals surface area (Å²) in [5.41, 5.74) is 0.498. The van der Waals surface area contributed by atoms with E-state index in [9.17, 15) is 9.59 Å². The quantitative estimate of drug-likeness (QED) is 0.864. The first-order chi connectivity index (χ1) is 10.8. The van der Waals surface area contributed by atoms with Gasteiger partial charge >= 0.3 is 5.97 Å². The molecule has 122 valence electrons. The molecule has 23 heavy (non-hydrogen) atoms. The summed E-state index contributed by atoms with van der Waals surface area (Å²) in [6.45, 7) is 7.50. The van der Waals surface area contributed by atoms with Gasteiger partial charge in [-0.15, -0.1) is 0 Å². The van der Waals surface area contributed by atoms with E-state index in [-0.39, 0.29) is 17.4 Å². The summed E-state index contributed by atoms with van der Waals surface area (Å²) in [6.07, 6.45) is 5.31. The molecule has 0 radical (unpaired) electrons. The van der Waals surface area contributed by atoms with Crippen LogP contribution in [0.5, 0.6) is 0 Å². The Hall–Kier alpha value is -2.50. The number of hydrogen-bond donors (Lipinski definition) is 1. The van der Waals surface area contributed by atoms with E-state index in [1.54, 1.807) is 19.2 Å². The molecule has 1 atom stereocenters. The standard InChI is InChI=1S/C17H21N3O3/c1-6-7-11-8-12(15(21)23-5)13(18-9-11)14-19-16(22)17(4,20-14)10(2)3/h6-10H,1-5H3,(H,19,20,22)/b7-6-. The van der Waals surface area contributed by atoms with Crippen LogP contribution < -0.4 is 5.32 Å². The predicted octanol–water partition coefficient (Wildman–Crippen LogP) is 2.19. The molecular formula is C17H21N3O3. The predicted molar refractivity (Wildman–Crippen MR) is 88.2 cm³/mol. The van der Waals surface area contributed by atoms with Gasteiger partial charge in [0.25, 0.3) is 5.91 Å². The Morgan fingerprint density at radius 1 is 1.43 bits per heavy atom. The maximum atomic E-state index is 12.3. The van der Waals surface area contributed by atoms with Gasteiger partial charge in [-0.1, -0.05) is 26.0 Å². The lowest BCUT2D eigenvalue weighted by Gasteiger charge is -2.21. The molecule has 0 bridgehead atoms. The molecule has 6 heteroatoms. The minimum absolute atomic E-state index is 0.0175. The van der Waals surface area contributed by atoms with Gasteiger partial charge in [-0.2, -0.15) is 0 Å². The number of nitrogens with zero attached hydrogens (tertiary/aromatic N) is 2. The zero-order valence-electron chi connectivity index (χ0n) is 14.0. The highest BCUT2D eigenvalue weighted by atomic mass is 16.5. The lowest BCUT2D eigenvalue weighted by Crippen LogP contribution is -2.41. The first-order valence-electron chi connectivity index (χ1n) is 7.46. The van der Waals surface area contributed by atoms with Crippen molar-refractivity contribution in [3.05, 3.63) is 35.2 Å². The third-order valence-corrected chi connectivity index (χ3v) is 4.06. The van der Waals surface area contributed by atoms with Crippen LogP contribution in [0.2, 0.25) is 0 Å². The van der Waals surface area contributed by atoms with Gasteiger partial charge in [0, 0.05) is 6.20 Å². The fourth-order valence-electron chi connectivity index (χ4n) is 2.27. The molecule has 1 aromatic heterocycles. The molecule has 1 unspecified atom stereocenters. The Morgan fingerprint density at radius 2 is 2.13 bits per heavy atom. The molecule has 1 N–H and O–H groups in total. The molecule has 0 fully saturated rings. The number of esters is 1. The Kier molecular flexibility index (Phi) is 4.63. The maximum absolute atomic E-state index is 12.3. The first kappa shape index (κ1) is 16.9. The van der Waals surface area contributed by atoms with Crippen LogP contribution in [0.15, 0.2) is 23.3 Å². The molecule has 0 aliphatic carbocycles. The highest BCUT2D eigenvalue weighted by Crippen LogP contribution is 2.27. The van der Waals surface area contributed by atoms with Crippen molar-refractivity contribution in [1.29, 1.82) is 0 Å². The molecular weight excluding hydrogens is 294 g/mol. The summed E-state index contributed by atoms with van der Waals surface area (Å²) < 4.78 is 4.83. The van der Waals surface area contributed by atoms with Crippen molar-refractivity contribution in [3.63, 3.8) is 0 Å². The van der Waals surface area contributed by atoms with E-state index < -0.39 is 11.5 Å². The van der Waals surface area contributed by atoms with Gasteiger partial charge in [-0.25, -0.2) is 9.79 Å². The van der Waals surface area contributed by atoms with E-state index in [0.717, 1.165) is 5.56 Å². The number of amides is 1. The molecule has 1 aliphatic rings. The third kappa shape index (κ3) is 3.02. The van der Waals surface area contributed by atoms with Crippen molar-refractivity contribution in [2.45, 2.75) is 33.2 Å². The molecule has 1 amide bonds. The van der Waals surface area contributed by atoms with Gasteiger partial charge in [-0.3, -0.25) is 9.78 Å². The molecule has 0 saturated carbocycles. The van der Waals surface area contributed by atoms with Gasteiger partial charge in [-0.05, 0) is 31.4 Å². The zero-order valence-corrected chi connectivity index (χ0v) is 14.0. The first-order valence-corrected chi connectivity index (χ1v) is 7.46. The van der Waals surface area contributed by atoms with Crippen LogP contribution in [0.3, 0.4) is 0 Å². The number of rotatable bonds is 4. The third-order valence-electron chi connectivity index (χ3n) is 4.06. The van der Waals surface area contributed by atoms with E-state index in [0.29, 0.717) is 11.5 Å². The van der Waals surface area contributed by atoms with Crippen molar-refractivity contribution in [2.24, 2.45) is 10.9 Å². The van der Waals surface area contributed by atoms with Crippen LogP contribution in [0.1, 0.15) is 49.3 Å². The van der Waals surface area contributed by atoms with Crippen LogP contribution in [0.25, 0.3) is 6.08 Å². The number of allylic oxidation sites excluding steroid dienone is 1. The minimum atomic E-state index is -0.869. The molecule has 2 heterocycles. The van der Waals surface area contributed by atoms with Crippen LogP contribution >= 0.6 is 0 Å². The SMILES string of the molecule is C/C=C\c1cnc(C2=NC(C)(C(C)C)C(=O)N2)c(C(=O)OC)c1. The average Bonchev–Trinajstić information content (AvgIpc) is 2.83. The Balaban J connectivity index is 2.56. The second kappa shape index (κ2) is 6.32. The van der Waals surface area contributed by atoms with Crippen molar-refractivity contribution >= 4 is 23.8 Å². The van der Waals surface area contributed by atoms with Gasteiger partial charge in [0.05, 0.1) is 12.7 Å². The van der Waals surface area contributed by atoms with Gasteiger partial charge < -0.3 is 10.1 Å². The van der Waals surface area contributed by atoms with Crippen molar-refractivity contribution in [3.8, 4) is 0 Å². The number of methoxy groups -OCH3 is 1. The van der Waals surface area contributed by atoms with E-state index in [2.05, 4.69) is 15.3 Å². The fraction of sp³-hybridized carbons (Fsp3) is 0.412. The highest BCUT2D eigenvalue weighted by Gasteiger charge is 2.43. The second-order valence-electron chi connectivity index (χ2n) is 5.87. The molecule has 1 aliphatic heterocycles. The smallest absolute Gasteiger partial charge is 0.340 e. The van der Waals surface area contributed by atoms with Crippen LogP contribution in [-0.2, 0) is 9.53 Å². The monoisotopic (exact) mass is 315 g/mol. The lowest BCUT2D eigenvalue weighted by atomic mass is 9.89. The van der Waals surface area contributed by atoms with E-state index in [1.807, 2.05) is 32.9 Å². The molecule has 0 spiro atoms. The number of ether oxygens (including phenoxy) is 1. The van der Waals surface area contributed by atoms with Crippen molar-refractivity contribution in [1.82, 2.24) is 10.3 Å². The largest absolute Gasteiger partial charge is 0.465 e. The van der Waals surface area contributed by atoms with Crippen molar-refractivity contribution < 1.29 is 14.3 Å². The molecule has 2 rings (SSSR count). The maximum Gasteiger partial charge on any atom is 0.340 e. The van der Waals surface area contributed by atoms with Crippen LogP contribution in [0, 0.1) is 5.92 Å². The van der Waals surface area contributed by atoms with Crippen LogP contribution in [-0.4, -0.2) is 35.3 Å². The van der Waals surface area contributed by atoms with Gasteiger partial charge in [0.2, 0.25) is 0 Å². The van der Waals surface area contributed by atoms with E-state index in [1.165, 1.54) is 7.11 Å². The summed E-state index contributed by atoms with van der Waals surface area (Å²) in [7, 11) is 1.31. The number of amidine groups is 1. The molecule has 6 nitrogen and oxygen atoms in total. The summed E-state index contributed by atoms with van der Waals surface area (Å²) in [5.74, 6) is -0.394. The topological polar surface area (TPSA) is 80.7 Å². The number of hydrogen-bond acceptors (Lipinski definition) is 5. The number of pyridine rings is 1. The zero-order chi connectivity index (χ0) is 17.2. The summed E-state index contributed by atoms with van der Waals surface area (Å²) in [4.78, 5) is 33.1. The van der Waals surface area contributed by atoms with E-state index in [4.69, 9.17) is 4.74 Å². The molecule has 0 saturated heterocycles. The number of nitrogens with one attached hydrogen (secondary N) is 1. The highest BCUT2D eigenvalue weighted by molar-refractivity contribution is 6.17. The summed E-state index contributed by atoms with van der Waals surface area (Å²) in [6, 6.07) is 1.67. The Morgan fingerprint density at radius 3 is 2.65 bits per heavy atom. The average molecular weight is 315 g/mol. The van der Waals surface area contributed by atoms with Gasteiger partial charge in [0.15, 0.2) is 5.84 Å². The Bertz CT molecular complexity index is 707. The number of carbonyl (C=O) groups is 2. The molecule has 0 aromatic carbocycles. The van der Waals surface area contributed by atoms with Crippen LogP contribution in [0.4, 0.5) is 0 Å². The summed E-state index contributed by atoms with van der Waals surface area (Å²) in [5, 5.41) is 2.74. The normalized spacial score (nSPS) is 20.8. The summed E-state index contributed by atoms with van der Waals surface area (Å²) >= 11 is 0. The van der Waals surface area contributed by atoms with E-state index >= 15 is 0 Å². The number of aliphatic imine (C=N–C) groups is 1. The number of carbonyl (C=O) groups excluding carboxylic acids is 2. The minimum Gasteiger partial charge on any atom is -0.465 e.